The summed E-state index contributed by atoms with van der Waals surface area (Å²) in [6, 6.07) is 0. The standard InChI is InChI=1S/C12H18O/c1-9-5-7-12(8-10(9)2)6-3-4-11(12)13/h3-8H2,1-2H3. The van der Waals surface area contributed by atoms with Crippen molar-refractivity contribution in [3.8, 4) is 0 Å². The molecule has 1 unspecified atom stereocenters. The van der Waals surface area contributed by atoms with Crippen LogP contribution in [-0.2, 0) is 4.79 Å². The molecular formula is C12H18O. The zero-order valence-electron chi connectivity index (χ0n) is 8.65. The van der Waals surface area contributed by atoms with E-state index in [1.807, 2.05) is 0 Å². The topological polar surface area (TPSA) is 17.1 Å². The van der Waals surface area contributed by atoms with Crippen LogP contribution in [0.3, 0.4) is 0 Å². The fraction of sp³-hybridized carbons (Fsp3) is 0.750. The van der Waals surface area contributed by atoms with Gasteiger partial charge in [0, 0.05) is 11.8 Å². The van der Waals surface area contributed by atoms with Crippen molar-refractivity contribution >= 4 is 5.78 Å². The maximum absolute atomic E-state index is 11.8. The van der Waals surface area contributed by atoms with Gasteiger partial charge in [-0.1, -0.05) is 11.1 Å². The summed E-state index contributed by atoms with van der Waals surface area (Å²) >= 11 is 0. The average Bonchev–Trinajstić information content (AvgIpc) is 2.42. The molecule has 1 nitrogen and oxygen atoms in total. The van der Waals surface area contributed by atoms with Gasteiger partial charge in [0.1, 0.15) is 5.78 Å². The Hall–Kier alpha value is -0.590. The van der Waals surface area contributed by atoms with Crippen LogP contribution >= 0.6 is 0 Å². The quantitative estimate of drug-likeness (QED) is 0.520. The second kappa shape index (κ2) is 2.97. The third kappa shape index (κ3) is 1.34. The van der Waals surface area contributed by atoms with E-state index in [1.54, 1.807) is 0 Å². The molecule has 13 heavy (non-hydrogen) atoms. The largest absolute Gasteiger partial charge is 0.299 e. The van der Waals surface area contributed by atoms with Crippen LogP contribution in [0.4, 0.5) is 0 Å². The fourth-order valence-corrected chi connectivity index (χ4v) is 2.83. The van der Waals surface area contributed by atoms with Gasteiger partial charge in [-0.05, 0) is 46.0 Å². The first kappa shape index (κ1) is 8.98. The van der Waals surface area contributed by atoms with Crippen molar-refractivity contribution in [2.75, 3.05) is 0 Å². The summed E-state index contributed by atoms with van der Waals surface area (Å²) in [4.78, 5) is 11.8. The number of carbonyl (C=O) groups is 1. The molecule has 1 saturated carbocycles. The lowest BCUT2D eigenvalue weighted by Gasteiger charge is -2.33. The van der Waals surface area contributed by atoms with Crippen molar-refractivity contribution in [3.63, 3.8) is 0 Å². The molecule has 0 aliphatic heterocycles. The zero-order chi connectivity index (χ0) is 9.47. The number of hydrogen-bond acceptors (Lipinski definition) is 1. The summed E-state index contributed by atoms with van der Waals surface area (Å²) in [5.74, 6) is 0.541. The molecule has 0 saturated heterocycles. The highest BCUT2D eigenvalue weighted by Crippen LogP contribution is 2.48. The third-order valence-corrected chi connectivity index (χ3v) is 3.96. The highest BCUT2D eigenvalue weighted by atomic mass is 16.1. The van der Waals surface area contributed by atoms with Crippen molar-refractivity contribution in [1.82, 2.24) is 0 Å². The molecule has 0 bridgehead atoms. The minimum atomic E-state index is 0.0869. The number of hydrogen-bond donors (Lipinski definition) is 0. The Bertz CT molecular complexity index is 275. The molecule has 0 amide bonds. The summed E-state index contributed by atoms with van der Waals surface area (Å²) in [7, 11) is 0. The van der Waals surface area contributed by atoms with Crippen LogP contribution in [0.5, 0.6) is 0 Å². The second-order valence-corrected chi connectivity index (χ2v) is 4.79. The molecule has 72 valence electrons. The molecule has 1 heteroatoms. The summed E-state index contributed by atoms with van der Waals surface area (Å²) in [5, 5.41) is 0. The van der Waals surface area contributed by atoms with Crippen molar-refractivity contribution in [2.45, 2.75) is 52.4 Å². The van der Waals surface area contributed by atoms with Crippen LogP contribution in [-0.4, -0.2) is 5.78 Å². The average molecular weight is 178 g/mol. The summed E-state index contributed by atoms with van der Waals surface area (Å²) in [6.07, 6.45) is 6.44. The van der Waals surface area contributed by atoms with E-state index in [9.17, 15) is 4.79 Å². The second-order valence-electron chi connectivity index (χ2n) is 4.79. The van der Waals surface area contributed by atoms with Crippen molar-refractivity contribution in [2.24, 2.45) is 5.41 Å². The SMILES string of the molecule is CC1=C(C)CC2(CCCC2=O)CC1. The first-order chi connectivity index (χ1) is 6.14. The summed E-state index contributed by atoms with van der Waals surface area (Å²) in [6.45, 7) is 4.41. The molecule has 0 N–H and O–H groups in total. The van der Waals surface area contributed by atoms with Gasteiger partial charge >= 0.3 is 0 Å². The van der Waals surface area contributed by atoms with Crippen molar-refractivity contribution in [1.29, 1.82) is 0 Å². The molecule has 0 aromatic rings. The normalized spacial score (nSPS) is 34.8. The Kier molecular flexibility index (Phi) is 2.05. The highest BCUT2D eigenvalue weighted by molar-refractivity contribution is 5.87. The lowest BCUT2D eigenvalue weighted by atomic mass is 9.70. The van der Waals surface area contributed by atoms with E-state index in [2.05, 4.69) is 13.8 Å². The number of rotatable bonds is 0. The molecule has 1 fully saturated rings. The monoisotopic (exact) mass is 178 g/mol. The van der Waals surface area contributed by atoms with Gasteiger partial charge in [-0.2, -0.15) is 0 Å². The van der Waals surface area contributed by atoms with Crippen LogP contribution < -0.4 is 0 Å². The van der Waals surface area contributed by atoms with E-state index in [4.69, 9.17) is 0 Å². The van der Waals surface area contributed by atoms with Crippen LogP contribution in [0, 0.1) is 5.41 Å². The van der Waals surface area contributed by atoms with E-state index in [0.29, 0.717) is 5.78 Å². The Morgan fingerprint density at radius 3 is 2.38 bits per heavy atom. The maximum Gasteiger partial charge on any atom is 0.139 e. The first-order valence-corrected chi connectivity index (χ1v) is 5.33. The van der Waals surface area contributed by atoms with Crippen molar-refractivity contribution in [3.05, 3.63) is 11.1 Å². The smallest absolute Gasteiger partial charge is 0.139 e. The molecule has 1 spiro atoms. The van der Waals surface area contributed by atoms with Crippen molar-refractivity contribution < 1.29 is 4.79 Å². The van der Waals surface area contributed by atoms with E-state index in [-0.39, 0.29) is 5.41 Å². The third-order valence-electron chi connectivity index (χ3n) is 3.96. The van der Waals surface area contributed by atoms with Crippen LogP contribution in [0.25, 0.3) is 0 Å². The zero-order valence-corrected chi connectivity index (χ0v) is 8.65. The van der Waals surface area contributed by atoms with E-state index in [0.717, 1.165) is 38.5 Å². The Labute approximate surface area is 80.2 Å². The number of Topliss-reactive ketones (excluding diaryl/α,β-unsaturated/α-hetero) is 1. The molecule has 0 radical (unpaired) electrons. The summed E-state index contributed by atoms with van der Waals surface area (Å²) < 4.78 is 0. The molecule has 0 aromatic heterocycles. The fourth-order valence-electron chi connectivity index (χ4n) is 2.83. The molecule has 2 aliphatic carbocycles. The van der Waals surface area contributed by atoms with Gasteiger partial charge in [0.25, 0.3) is 0 Å². The highest BCUT2D eigenvalue weighted by Gasteiger charge is 2.42. The minimum absolute atomic E-state index is 0.0869. The van der Waals surface area contributed by atoms with Gasteiger partial charge in [0.2, 0.25) is 0 Å². The van der Waals surface area contributed by atoms with Gasteiger partial charge in [0.05, 0.1) is 0 Å². The molecule has 0 heterocycles. The van der Waals surface area contributed by atoms with Crippen LogP contribution in [0.15, 0.2) is 11.1 Å². The van der Waals surface area contributed by atoms with Crippen LogP contribution in [0.1, 0.15) is 52.4 Å². The predicted octanol–water partition coefficient (Wildman–Crippen LogP) is 3.25. The minimum Gasteiger partial charge on any atom is -0.299 e. The van der Waals surface area contributed by atoms with Gasteiger partial charge < -0.3 is 0 Å². The summed E-state index contributed by atoms with van der Waals surface area (Å²) in [5.41, 5.74) is 3.08. The Balaban J connectivity index is 2.24. The number of allylic oxidation sites excluding steroid dienone is 2. The lowest BCUT2D eigenvalue weighted by molar-refractivity contribution is -0.126. The Morgan fingerprint density at radius 1 is 1.08 bits per heavy atom. The van der Waals surface area contributed by atoms with E-state index in [1.165, 1.54) is 11.1 Å². The molecule has 1 atom stereocenters. The van der Waals surface area contributed by atoms with Gasteiger partial charge in [-0.15, -0.1) is 0 Å². The van der Waals surface area contributed by atoms with Crippen LogP contribution in [0.2, 0.25) is 0 Å². The molecule has 2 rings (SSSR count). The molecular weight excluding hydrogens is 160 g/mol. The predicted molar refractivity (Wildman–Crippen MR) is 53.5 cm³/mol. The number of ketones is 1. The van der Waals surface area contributed by atoms with E-state index >= 15 is 0 Å². The number of carbonyl (C=O) groups excluding carboxylic acids is 1. The lowest BCUT2D eigenvalue weighted by Crippen LogP contribution is -2.28. The van der Waals surface area contributed by atoms with Gasteiger partial charge in [-0.25, -0.2) is 0 Å². The molecule has 2 aliphatic rings. The molecule has 0 aromatic carbocycles. The first-order valence-electron chi connectivity index (χ1n) is 5.33. The Morgan fingerprint density at radius 2 is 1.85 bits per heavy atom. The van der Waals surface area contributed by atoms with Gasteiger partial charge in [0.15, 0.2) is 0 Å². The maximum atomic E-state index is 11.8. The van der Waals surface area contributed by atoms with Gasteiger partial charge in [-0.3, -0.25) is 4.79 Å². The van der Waals surface area contributed by atoms with E-state index < -0.39 is 0 Å².